The van der Waals surface area contributed by atoms with E-state index in [1.165, 1.54) is 24.1 Å². The molecule has 0 saturated heterocycles. The lowest BCUT2D eigenvalue weighted by molar-refractivity contribution is -0.154. The Morgan fingerprint density at radius 2 is 1.83 bits per heavy atom. The van der Waals surface area contributed by atoms with E-state index in [2.05, 4.69) is 9.71 Å². The minimum atomic E-state index is -4.70. The number of rotatable bonds is 9. The number of hydrogen-bond acceptors (Lipinski definition) is 5. The van der Waals surface area contributed by atoms with E-state index in [0.29, 0.717) is 6.54 Å². The molecule has 0 radical (unpaired) electrons. The van der Waals surface area contributed by atoms with Crippen LogP contribution in [0.25, 0.3) is 11.1 Å². The Labute approximate surface area is 170 Å². The van der Waals surface area contributed by atoms with Crippen LogP contribution in [0.3, 0.4) is 0 Å². The predicted octanol–water partition coefficient (Wildman–Crippen LogP) is 3.56. The maximum Gasteiger partial charge on any atom is 0.397 e. The van der Waals surface area contributed by atoms with Crippen molar-refractivity contribution in [2.75, 3.05) is 12.9 Å². The van der Waals surface area contributed by atoms with Gasteiger partial charge >= 0.3 is 6.18 Å². The summed E-state index contributed by atoms with van der Waals surface area (Å²) in [5, 5.41) is 12.1. The highest BCUT2D eigenvalue weighted by Gasteiger charge is 2.33. The van der Waals surface area contributed by atoms with Crippen LogP contribution in [0.1, 0.15) is 23.8 Å². The third-order valence-electron chi connectivity index (χ3n) is 4.06. The number of carbonyl (C=O) groups excluding carboxylic acids is 1. The van der Waals surface area contributed by atoms with E-state index in [9.17, 15) is 27.5 Å². The highest BCUT2D eigenvalue weighted by Crippen LogP contribution is 2.24. The van der Waals surface area contributed by atoms with Crippen molar-refractivity contribution in [2.45, 2.75) is 31.3 Å². The van der Waals surface area contributed by atoms with Crippen molar-refractivity contribution >= 4 is 17.9 Å². The van der Waals surface area contributed by atoms with E-state index in [4.69, 9.17) is 0 Å². The number of aromatic nitrogens is 1. The van der Waals surface area contributed by atoms with Gasteiger partial charge in [-0.15, -0.1) is 0 Å². The van der Waals surface area contributed by atoms with E-state index in [-0.39, 0.29) is 5.56 Å². The van der Waals surface area contributed by atoms with Crippen LogP contribution in [0.2, 0.25) is 0 Å². The van der Waals surface area contributed by atoms with E-state index in [1.807, 2.05) is 23.7 Å². The molecule has 3 N–H and O–H groups in total. The Kier molecular flexibility index (Phi) is 8.42. The van der Waals surface area contributed by atoms with E-state index in [1.54, 1.807) is 18.3 Å². The third kappa shape index (κ3) is 7.30. The summed E-state index contributed by atoms with van der Waals surface area (Å²) in [5.41, 5.74) is 2.78. The fourth-order valence-corrected chi connectivity index (χ4v) is 2.88. The molecule has 0 aliphatic rings. The second-order valence-electron chi connectivity index (χ2n) is 6.25. The van der Waals surface area contributed by atoms with Crippen molar-refractivity contribution in [1.29, 1.82) is 0 Å². The van der Waals surface area contributed by atoms with Gasteiger partial charge in [-0.3, -0.25) is 14.5 Å². The van der Waals surface area contributed by atoms with Gasteiger partial charge in [0.15, 0.2) is 0 Å². The zero-order valence-corrected chi connectivity index (χ0v) is 16.4. The van der Waals surface area contributed by atoms with Crippen molar-refractivity contribution in [3.05, 3.63) is 53.9 Å². The molecule has 0 spiro atoms. The zero-order chi connectivity index (χ0) is 21.4. The summed E-state index contributed by atoms with van der Waals surface area (Å²) in [6.07, 6.45) is -4.30. The molecule has 1 aromatic heterocycles. The summed E-state index contributed by atoms with van der Waals surface area (Å²) >= 11 is 1.49. The number of nitrogens with zero attached hydrogens (tertiary/aromatic N) is 1. The molecule has 29 heavy (non-hydrogen) atoms. The quantitative estimate of drug-likeness (QED) is 0.418. The smallest absolute Gasteiger partial charge is 0.386 e. The first-order valence-electron chi connectivity index (χ1n) is 8.64. The first-order valence-corrected chi connectivity index (χ1v) is 9.87. The number of halogens is 4. The molecule has 5 nitrogen and oxygen atoms in total. The molecule has 2 atom stereocenters. The van der Waals surface area contributed by atoms with E-state index >= 15 is 0 Å². The molecular formula is C19H21F4N3O2S. The lowest BCUT2D eigenvalue weighted by Gasteiger charge is -2.22. The van der Waals surface area contributed by atoms with Crippen LogP contribution in [0.15, 0.2) is 42.6 Å². The Morgan fingerprint density at radius 3 is 2.34 bits per heavy atom. The number of aliphatic hydroxyl groups is 1. The molecule has 0 saturated carbocycles. The molecule has 0 bridgehead atoms. The maximum absolute atomic E-state index is 13.2. The van der Waals surface area contributed by atoms with Crippen molar-refractivity contribution in [1.82, 2.24) is 15.0 Å². The van der Waals surface area contributed by atoms with Gasteiger partial charge in [0.05, 0.1) is 11.7 Å². The summed E-state index contributed by atoms with van der Waals surface area (Å²) in [4.78, 5) is 15.7. The van der Waals surface area contributed by atoms with Crippen LogP contribution < -0.4 is 10.0 Å². The number of pyridine rings is 1. The Hall–Kier alpha value is -2.17. The number of benzene rings is 1. The van der Waals surface area contributed by atoms with Gasteiger partial charge in [-0.1, -0.05) is 42.3 Å². The molecule has 1 amide bonds. The maximum atomic E-state index is 13.2. The van der Waals surface area contributed by atoms with Gasteiger partial charge in [-0.25, -0.2) is 4.39 Å². The molecule has 0 fully saturated rings. The van der Waals surface area contributed by atoms with Crippen LogP contribution >= 0.6 is 11.9 Å². The summed E-state index contributed by atoms with van der Waals surface area (Å²) in [6.45, 7) is -0.584. The van der Waals surface area contributed by atoms with Crippen LogP contribution in [0.4, 0.5) is 17.6 Å². The number of nitrogens with one attached hydrogen (secondary N) is 2. The molecule has 2 unspecified atom stereocenters. The topological polar surface area (TPSA) is 74.2 Å². The molecule has 158 valence electrons. The SMILES string of the molecule is CSNCc1ccc(-c2ccc(C(O)C(CF)NC(=O)CC(F)(F)F)cc2)cn1. The average molecular weight is 431 g/mol. The molecule has 0 aliphatic heterocycles. The highest BCUT2D eigenvalue weighted by atomic mass is 32.2. The average Bonchev–Trinajstić information content (AvgIpc) is 2.69. The van der Waals surface area contributed by atoms with Gasteiger partial charge in [-0.2, -0.15) is 13.2 Å². The number of alkyl halides is 4. The minimum absolute atomic E-state index is 0.275. The van der Waals surface area contributed by atoms with Gasteiger partial charge in [0.25, 0.3) is 0 Å². The number of aliphatic hydroxyl groups excluding tert-OH is 1. The van der Waals surface area contributed by atoms with Gasteiger partial charge < -0.3 is 10.4 Å². The first-order chi connectivity index (χ1) is 13.7. The van der Waals surface area contributed by atoms with Gasteiger partial charge in [0, 0.05) is 18.3 Å². The van der Waals surface area contributed by atoms with E-state index in [0.717, 1.165) is 16.8 Å². The van der Waals surface area contributed by atoms with Gasteiger partial charge in [0.2, 0.25) is 5.91 Å². The molecule has 2 aromatic rings. The Balaban J connectivity index is 2.04. The van der Waals surface area contributed by atoms with E-state index < -0.39 is 37.3 Å². The molecule has 1 heterocycles. The van der Waals surface area contributed by atoms with Crippen molar-refractivity contribution in [3.63, 3.8) is 0 Å². The number of hydrogen-bond donors (Lipinski definition) is 3. The lowest BCUT2D eigenvalue weighted by Crippen LogP contribution is -2.42. The second-order valence-corrected chi connectivity index (χ2v) is 6.95. The monoisotopic (exact) mass is 431 g/mol. The zero-order valence-electron chi connectivity index (χ0n) is 15.5. The number of carbonyl (C=O) groups is 1. The summed E-state index contributed by atoms with van der Waals surface area (Å²) in [7, 11) is 0. The van der Waals surface area contributed by atoms with Gasteiger partial charge in [0.1, 0.15) is 19.2 Å². The molecule has 0 aliphatic carbocycles. The van der Waals surface area contributed by atoms with Crippen LogP contribution in [0.5, 0.6) is 0 Å². The van der Waals surface area contributed by atoms with Crippen molar-refractivity contribution < 1.29 is 27.5 Å². The predicted molar refractivity (Wildman–Crippen MR) is 104 cm³/mol. The highest BCUT2D eigenvalue weighted by molar-refractivity contribution is 7.96. The Bertz CT molecular complexity index is 786. The lowest BCUT2D eigenvalue weighted by atomic mass is 9.99. The minimum Gasteiger partial charge on any atom is -0.386 e. The molecule has 10 heteroatoms. The standard InChI is InChI=1S/C19H21F4N3O2S/c1-29-25-11-15-7-6-14(10-24-15)12-2-4-13(5-3-12)18(28)16(9-20)26-17(27)8-19(21,22)23/h2-7,10,16,18,25,28H,8-9,11H2,1H3,(H,26,27). The fraction of sp³-hybridized carbons (Fsp3) is 0.368. The fourth-order valence-electron chi connectivity index (χ4n) is 2.59. The van der Waals surface area contributed by atoms with Crippen LogP contribution in [-0.2, 0) is 11.3 Å². The normalized spacial score (nSPS) is 13.7. The van der Waals surface area contributed by atoms with Gasteiger partial charge in [-0.05, 0) is 23.4 Å². The first kappa shape index (κ1) is 23.1. The van der Waals surface area contributed by atoms with Crippen LogP contribution in [0, 0.1) is 0 Å². The summed E-state index contributed by atoms with van der Waals surface area (Å²) < 4.78 is 53.0. The second kappa shape index (κ2) is 10.6. The third-order valence-corrected chi connectivity index (χ3v) is 4.50. The molecular weight excluding hydrogens is 410 g/mol. The summed E-state index contributed by atoms with van der Waals surface area (Å²) in [5.74, 6) is -1.39. The molecule has 1 aromatic carbocycles. The largest absolute Gasteiger partial charge is 0.397 e. The molecule has 2 rings (SSSR count). The Morgan fingerprint density at radius 1 is 1.17 bits per heavy atom. The summed E-state index contributed by atoms with van der Waals surface area (Å²) in [6, 6.07) is 8.71. The van der Waals surface area contributed by atoms with Crippen LogP contribution in [-0.4, -0.2) is 41.1 Å². The van der Waals surface area contributed by atoms with Crippen molar-refractivity contribution in [3.8, 4) is 11.1 Å². The number of amides is 1. The van der Waals surface area contributed by atoms with Crippen molar-refractivity contribution in [2.24, 2.45) is 0 Å².